The van der Waals surface area contributed by atoms with Gasteiger partial charge in [0.15, 0.2) is 0 Å². The third-order valence-corrected chi connectivity index (χ3v) is 5.52. The van der Waals surface area contributed by atoms with Crippen LogP contribution in [0, 0.1) is 22.7 Å². The Labute approximate surface area is 107 Å². The van der Waals surface area contributed by atoms with Gasteiger partial charge in [-0.1, -0.05) is 54.4 Å². The Morgan fingerprint density at radius 2 is 1.59 bits per heavy atom. The van der Waals surface area contributed by atoms with Gasteiger partial charge in [-0.3, -0.25) is 4.79 Å². The monoisotopic (exact) mass is 238 g/mol. The van der Waals surface area contributed by atoms with Crippen molar-refractivity contribution < 1.29 is 4.79 Å². The van der Waals surface area contributed by atoms with Gasteiger partial charge < -0.3 is 0 Å². The van der Waals surface area contributed by atoms with E-state index in [0.717, 1.165) is 31.6 Å². The van der Waals surface area contributed by atoms with Crippen molar-refractivity contribution >= 4 is 5.78 Å². The quantitative estimate of drug-likeness (QED) is 0.684. The van der Waals surface area contributed by atoms with E-state index in [1.165, 1.54) is 6.42 Å². The Hall–Kier alpha value is -0.330. The molecule has 0 radical (unpaired) electrons. The molecular formula is C16H30O. The first-order chi connectivity index (χ1) is 7.74. The molecule has 1 heteroatoms. The van der Waals surface area contributed by atoms with E-state index in [0.29, 0.717) is 11.2 Å². The van der Waals surface area contributed by atoms with Crippen molar-refractivity contribution in [1.29, 1.82) is 0 Å². The summed E-state index contributed by atoms with van der Waals surface area (Å²) in [6, 6.07) is 0. The van der Waals surface area contributed by atoms with Crippen LogP contribution in [0.4, 0.5) is 0 Å². The van der Waals surface area contributed by atoms with E-state index in [-0.39, 0.29) is 11.3 Å². The molecular weight excluding hydrogens is 208 g/mol. The summed E-state index contributed by atoms with van der Waals surface area (Å²) in [6.07, 6.45) is 5.34. The standard InChI is InChI=1S/C16H30O/c1-7-15(3,4)12-9-10-14(17)13(11-12)16(5,6)8-2/h12-13H,7-11H2,1-6H3/t12-,13-/m1/s1. The number of carbonyl (C=O) groups excluding carboxylic acids is 1. The molecule has 1 fully saturated rings. The molecule has 1 aliphatic carbocycles. The first-order valence-corrected chi connectivity index (χ1v) is 7.27. The molecule has 1 saturated carbocycles. The maximum Gasteiger partial charge on any atom is 0.136 e. The van der Waals surface area contributed by atoms with Crippen molar-refractivity contribution in [3.8, 4) is 0 Å². The molecule has 0 aliphatic heterocycles. The highest BCUT2D eigenvalue weighted by atomic mass is 16.1. The fourth-order valence-electron chi connectivity index (χ4n) is 3.02. The first-order valence-electron chi connectivity index (χ1n) is 7.27. The molecule has 0 aromatic rings. The second-order valence-corrected chi connectivity index (χ2v) is 7.17. The van der Waals surface area contributed by atoms with E-state index in [1.807, 2.05) is 0 Å². The van der Waals surface area contributed by atoms with Crippen LogP contribution in [0.1, 0.15) is 73.6 Å². The zero-order valence-electron chi connectivity index (χ0n) is 12.6. The van der Waals surface area contributed by atoms with Gasteiger partial charge in [-0.2, -0.15) is 0 Å². The second kappa shape index (κ2) is 5.12. The molecule has 0 spiro atoms. The van der Waals surface area contributed by atoms with E-state index in [2.05, 4.69) is 41.5 Å². The van der Waals surface area contributed by atoms with Gasteiger partial charge in [0, 0.05) is 12.3 Å². The lowest BCUT2D eigenvalue weighted by Gasteiger charge is -2.43. The summed E-state index contributed by atoms with van der Waals surface area (Å²) >= 11 is 0. The lowest BCUT2D eigenvalue weighted by atomic mass is 9.60. The minimum Gasteiger partial charge on any atom is -0.299 e. The zero-order chi connectivity index (χ0) is 13.3. The molecule has 0 aromatic carbocycles. The van der Waals surface area contributed by atoms with Crippen molar-refractivity contribution in [2.24, 2.45) is 22.7 Å². The summed E-state index contributed by atoms with van der Waals surface area (Å²) in [5.74, 6) is 1.53. The van der Waals surface area contributed by atoms with E-state index in [9.17, 15) is 4.79 Å². The lowest BCUT2D eigenvalue weighted by molar-refractivity contribution is -0.131. The number of rotatable bonds is 4. The van der Waals surface area contributed by atoms with E-state index in [1.54, 1.807) is 0 Å². The third kappa shape index (κ3) is 3.11. The normalized spacial score (nSPS) is 27.3. The average molecular weight is 238 g/mol. The Bertz CT molecular complexity index is 275. The molecule has 100 valence electrons. The number of ketones is 1. The summed E-state index contributed by atoms with van der Waals surface area (Å²) in [6.45, 7) is 13.7. The van der Waals surface area contributed by atoms with Crippen molar-refractivity contribution in [2.45, 2.75) is 73.6 Å². The Morgan fingerprint density at radius 1 is 1.06 bits per heavy atom. The number of carbonyl (C=O) groups is 1. The molecule has 1 nitrogen and oxygen atoms in total. The zero-order valence-corrected chi connectivity index (χ0v) is 12.6. The molecule has 1 rings (SSSR count). The minimum atomic E-state index is 0.180. The van der Waals surface area contributed by atoms with Crippen LogP contribution in [0.15, 0.2) is 0 Å². The molecule has 2 atom stereocenters. The van der Waals surface area contributed by atoms with Gasteiger partial charge in [0.2, 0.25) is 0 Å². The van der Waals surface area contributed by atoms with Crippen molar-refractivity contribution in [3.63, 3.8) is 0 Å². The van der Waals surface area contributed by atoms with Crippen molar-refractivity contribution in [2.75, 3.05) is 0 Å². The van der Waals surface area contributed by atoms with Gasteiger partial charge in [-0.25, -0.2) is 0 Å². The smallest absolute Gasteiger partial charge is 0.136 e. The first kappa shape index (κ1) is 14.7. The van der Waals surface area contributed by atoms with Crippen LogP contribution in [0.5, 0.6) is 0 Å². The van der Waals surface area contributed by atoms with E-state index in [4.69, 9.17) is 0 Å². The van der Waals surface area contributed by atoms with Gasteiger partial charge >= 0.3 is 0 Å². The molecule has 17 heavy (non-hydrogen) atoms. The highest BCUT2D eigenvalue weighted by molar-refractivity contribution is 5.82. The Morgan fingerprint density at radius 3 is 2.06 bits per heavy atom. The molecule has 0 aromatic heterocycles. The van der Waals surface area contributed by atoms with E-state index < -0.39 is 0 Å². The number of hydrogen-bond donors (Lipinski definition) is 0. The Balaban J connectivity index is 2.83. The molecule has 1 aliphatic rings. The average Bonchev–Trinajstić information content (AvgIpc) is 2.29. The van der Waals surface area contributed by atoms with Gasteiger partial charge in [-0.05, 0) is 29.6 Å². The van der Waals surface area contributed by atoms with E-state index >= 15 is 0 Å². The van der Waals surface area contributed by atoms with Gasteiger partial charge in [0.1, 0.15) is 5.78 Å². The lowest BCUT2D eigenvalue weighted by Crippen LogP contribution is -2.39. The van der Waals surface area contributed by atoms with Crippen LogP contribution in [0.2, 0.25) is 0 Å². The maximum atomic E-state index is 12.2. The third-order valence-electron chi connectivity index (χ3n) is 5.52. The summed E-state index contributed by atoms with van der Waals surface area (Å²) in [5.41, 5.74) is 0.572. The molecule has 0 bridgehead atoms. The summed E-state index contributed by atoms with van der Waals surface area (Å²) < 4.78 is 0. The topological polar surface area (TPSA) is 17.1 Å². The van der Waals surface area contributed by atoms with Crippen LogP contribution in [-0.2, 0) is 4.79 Å². The maximum absolute atomic E-state index is 12.2. The summed E-state index contributed by atoms with van der Waals surface area (Å²) in [7, 11) is 0. The molecule has 0 N–H and O–H groups in total. The number of hydrogen-bond acceptors (Lipinski definition) is 1. The predicted molar refractivity (Wildman–Crippen MR) is 74.0 cm³/mol. The largest absolute Gasteiger partial charge is 0.299 e. The fourth-order valence-corrected chi connectivity index (χ4v) is 3.02. The fraction of sp³-hybridized carbons (Fsp3) is 0.938. The van der Waals surface area contributed by atoms with Crippen molar-refractivity contribution in [3.05, 3.63) is 0 Å². The minimum absolute atomic E-state index is 0.180. The van der Waals surface area contributed by atoms with Crippen LogP contribution >= 0.6 is 0 Å². The second-order valence-electron chi connectivity index (χ2n) is 7.17. The SMILES string of the molecule is CCC(C)(C)[C@@H]1CCC(=O)[C@H](C(C)(C)CC)C1. The van der Waals surface area contributed by atoms with Crippen LogP contribution in [0.3, 0.4) is 0 Å². The molecule has 0 unspecified atom stereocenters. The Kier molecular flexibility index (Phi) is 4.43. The molecule has 0 amide bonds. The number of Topliss-reactive ketones (excluding diaryl/α,β-unsaturated/α-hetero) is 1. The predicted octanol–water partition coefficient (Wildman–Crippen LogP) is 4.84. The summed E-state index contributed by atoms with van der Waals surface area (Å²) in [4.78, 5) is 12.2. The van der Waals surface area contributed by atoms with Gasteiger partial charge in [-0.15, -0.1) is 0 Å². The molecule has 0 saturated heterocycles. The molecule has 0 heterocycles. The van der Waals surface area contributed by atoms with Crippen LogP contribution in [-0.4, -0.2) is 5.78 Å². The highest BCUT2D eigenvalue weighted by Gasteiger charge is 2.42. The van der Waals surface area contributed by atoms with Gasteiger partial charge in [0.05, 0.1) is 0 Å². The van der Waals surface area contributed by atoms with Gasteiger partial charge in [0.25, 0.3) is 0 Å². The van der Waals surface area contributed by atoms with Crippen molar-refractivity contribution in [1.82, 2.24) is 0 Å². The summed E-state index contributed by atoms with van der Waals surface area (Å²) in [5, 5.41) is 0. The highest BCUT2D eigenvalue weighted by Crippen LogP contribution is 2.47. The van der Waals surface area contributed by atoms with Crippen LogP contribution in [0.25, 0.3) is 0 Å². The van der Waals surface area contributed by atoms with Crippen LogP contribution < -0.4 is 0 Å².